The summed E-state index contributed by atoms with van der Waals surface area (Å²) in [7, 11) is 4.60. The van der Waals surface area contributed by atoms with Crippen molar-refractivity contribution in [2.75, 3.05) is 47.6 Å². The van der Waals surface area contributed by atoms with E-state index in [0.29, 0.717) is 13.2 Å². The predicted molar refractivity (Wildman–Crippen MR) is 91.1 cm³/mol. The smallest absolute Gasteiger partial charge is 0.262 e. The van der Waals surface area contributed by atoms with E-state index in [2.05, 4.69) is 20.6 Å². The normalized spacial score (nSPS) is 16.0. The molecule has 24 heavy (non-hydrogen) atoms. The first kappa shape index (κ1) is 20.4. The number of ether oxygens (including phenoxy) is 3. The van der Waals surface area contributed by atoms with Crippen molar-refractivity contribution in [1.82, 2.24) is 20.6 Å². The van der Waals surface area contributed by atoms with Crippen molar-refractivity contribution in [3.05, 3.63) is 11.9 Å². The molecule has 1 aromatic rings. The molecule has 8 nitrogen and oxygen atoms in total. The average Bonchev–Trinajstić information content (AvgIpc) is 2.60. The van der Waals surface area contributed by atoms with Gasteiger partial charge in [-0.2, -0.15) is 0 Å². The second-order valence-corrected chi connectivity index (χ2v) is 5.63. The molecule has 9 heteroatoms. The highest BCUT2D eigenvalue weighted by Gasteiger charge is 2.33. The number of hydrogen-bond acceptors (Lipinski definition) is 7. The van der Waals surface area contributed by atoms with Crippen LogP contribution in [0.5, 0.6) is 11.8 Å². The Balaban J connectivity index is 0.00000288. The highest BCUT2D eigenvalue weighted by Crippen LogP contribution is 2.29. The molecule has 1 amide bonds. The van der Waals surface area contributed by atoms with Gasteiger partial charge in [-0.25, -0.2) is 9.97 Å². The minimum absolute atomic E-state index is 0. The number of hydrogen-bond donors (Lipinski definition) is 2. The van der Waals surface area contributed by atoms with Gasteiger partial charge >= 0.3 is 0 Å². The fourth-order valence-corrected chi connectivity index (χ4v) is 2.85. The van der Waals surface area contributed by atoms with Crippen LogP contribution in [0.1, 0.15) is 23.2 Å². The number of amides is 1. The third-order valence-electron chi connectivity index (χ3n) is 4.13. The summed E-state index contributed by atoms with van der Waals surface area (Å²) in [6.07, 6.45) is 3.19. The molecule has 2 heterocycles. The summed E-state index contributed by atoms with van der Waals surface area (Å²) in [5.74, 6) is 0.0780. The van der Waals surface area contributed by atoms with Gasteiger partial charge in [0, 0.05) is 19.1 Å². The predicted octanol–water partition coefficient (Wildman–Crippen LogP) is 0.662. The second kappa shape index (κ2) is 9.61. The first-order valence-corrected chi connectivity index (χ1v) is 7.56. The lowest BCUT2D eigenvalue weighted by molar-refractivity contribution is 0.0510. The SMILES string of the molecule is COCC1(CNC(=O)c2c(OC)ncnc2OC)CCNCC1.Cl. The molecule has 1 saturated heterocycles. The highest BCUT2D eigenvalue weighted by molar-refractivity contribution is 5.98. The van der Waals surface area contributed by atoms with Crippen LogP contribution in [0.3, 0.4) is 0 Å². The lowest BCUT2D eigenvalue weighted by Gasteiger charge is -2.37. The molecule has 136 valence electrons. The van der Waals surface area contributed by atoms with Crippen LogP contribution >= 0.6 is 12.4 Å². The van der Waals surface area contributed by atoms with E-state index in [-0.39, 0.29) is 41.1 Å². The van der Waals surface area contributed by atoms with E-state index < -0.39 is 0 Å². The summed E-state index contributed by atoms with van der Waals surface area (Å²) in [5, 5.41) is 6.28. The summed E-state index contributed by atoms with van der Waals surface area (Å²) in [6.45, 7) is 2.96. The Labute approximate surface area is 148 Å². The lowest BCUT2D eigenvalue weighted by atomic mass is 9.79. The number of piperidine rings is 1. The summed E-state index contributed by atoms with van der Waals surface area (Å²) in [5.41, 5.74) is 0.144. The quantitative estimate of drug-likeness (QED) is 0.737. The number of nitrogens with one attached hydrogen (secondary N) is 2. The molecule has 1 aromatic heterocycles. The van der Waals surface area contributed by atoms with E-state index in [4.69, 9.17) is 14.2 Å². The maximum Gasteiger partial charge on any atom is 0.262 e. The van der Waals surface area contributed by atoms with Crippen molar-refractivity contribution < 1.29 is 19.0 Å². The summed E-state index contributed by atoms with van der Waals surface area (Å²) >= 11 is 0. The molecule has 1 fully saturated rings. The summed E-state index contributed by atoms with van der Waals surface area (Å²) in [6, 6.07) is 0. The van der Waals surface area contributed by atoms with Gasteiger partial charge in [0.1, 0.15) is 6.33 Å². The molecular weight excluding hydrogens is 336 g/mol. The number of carbonyl (C=O) groups excluding carboxylic acids is 1. The molecule has 0 atom stereocenters. The van der Waals surface area contributed by atoms with E-state index in [9.17, 15) is 4.79 Å². The lowest BCUT2D eigenvalue weighted by Crippen LogP contribution is -2.47. The van der Waals surface area contributed by atoms with Gasteiger partial charge in [-0.3, -0.25) is 4.79 Å². The van der Waals surface area contributed by atoms with Gasteiger partial charge in [0.15, 0.2) is 5.56 Å². The van der Waals surface area contributed by atoms with Crippen LogP contribution in [-0.4, -0.2) is 63.4 Å². The van der Waals surface area contributed by atoms with Gasteiger partial charge in [0.2, 0.25) is 11.8 Å². The Morgan fingerprint density at radius 3 is 2.29 bits per heavy atom. The standard InChI is InChI=1S/C15H24N4O4.ClH/c1-21-9-15(4-6-16-7-5-15)8-17-12(20)11-13(22-2)18-10-19-14(11)23-3;/h10,16H,4-9H2,1-3H3,(H,17,20);1H. The van der Waals surface area contributed by atoms with Crippen molar-refractivity contribution >= 4 is 18.3 Å². The van der Waals surface area contributed by atoms with Crippen molar-refractivity contribution in [3.63, 3.8) is 0 Å². The van der Waals surface area contributed by atoms with Gasteiger partial charge in [0.05, 0.1) is 20.8 Å². The van der Waals surface area contributed by atoms with Gasteiger partial charge in [-0.1, -0.05) is 0 Å². The molecule has 0 aromatic carbocycles. The molecule has 0 aliphatic carbocycles. The number of rotatable bonds is 7. The zero-order valence-corrected chi connectivity index (χ0v) is 15.1. The molecule has 0 unspecified atom stereocenters. The number of nitrogens with zero attached hydrogens (tertiary/aromatic N) is 2. The van der Waals surface area contributed by atoms with Gasteiger partial charge < -0.3 is 24.8 Å². The molecule has 0 saturated carbocycles. The van der Waals surface area contributed by atoms with E-state index in [1.165, 1.54) is 20.5 Å². The summed E-state index contributed by atoms with van der Waals surface area (Å²) in [4.78, 5) is 20.5. The van der Waals surface area contributed by atoms with Crippen LogP contribution in [0.25, 0.3) is 0 Å². The third kappa shape index (κ3) is 4.68. The first-order valence-electron chi connectivity index (χ1n) is 7.56. The fraction of sp³-hybridized carbons (Fsp3) is 0.667. The zero-order valence-electron chi connectivity index (χ0n) is 14.3. The van der Waals surface area contributed by atoms with Crippen LogP contribution in [0, 0.1) is 5.41 Å². The van der Waals surface area contributed by atoms with Gasteiger partial charge in [-0.15, -0.1) is 12.4 Å². The molecular formula is C15H25ClN4O4. The summed E-state index contributed by atoms with van der Waals surface area (Å²) < 4.78 is 15.7. The number of carbonyl (C=O) groups is 1. The maximum atomic E-state index is 12.6. The third-order valence-corrected chi connectivity index (χ3v) is 4.13. The van der Waals surface area contributed by atoms with Crippen LogP contribution in [0.15, 0.2) is 6.33 Å². The Bertz CT molecular complexity index is 510. The van der Waals surface area contributed by atoms with Crippen LogP contribution in [0.2, 0.25) is 0 Å². The van der Waals surface area contributed by atoms with Crippen molar-refractivity contribution in [3.8, 4) is 11.8 Å². The molecule has 2 rings (SSSR count). The molecule has 1 aliphatic rings. The van der Waals surface area contributed by atoms with E-state index in [0.717, 1.165) is 25.9 Å². The van der Waals surface area contributed by atoms with Crippen LogP contribution in [0.4, 0.5) is 0 Å². The minimum atomic E-state index is -0.312. The first-order chi connectivity index (χ1) is 11.2. The number of aromatic nitrogens is 2. The van der Waals surface area contributed by atoms with Crippen molar-refractivity contribution in [2.45, 2.75) is 12.8 Å². The molecule has 2 N–H and O–H groups in total. The van der Waals surface area contributed by atoms with E-state index in [1.54, 1.807) is 7.11 Å². The highest BCUT2D eigenvalue weighted by atomic mass is 35.5. The maximum absolute atomic E-state index is 12.6. The van der Waals surface area contributed by atoms with Crippen LogP contribution in [-0.2, 0) is 4.74 Å². The zero-order chi connectivity index (χ0) is 16.7. The van der Waals surface area contributed by atoms with Crippen molar-refractivity contribution in [1.29, 1.82) is 0 Å². The van der Waals surface area contributed by atoms with Crippen molar-refractivity contribution in [2.24, 2.45) is 5.41 Å². The number of halogens is 1. The van der Waals surface area contributed by atoms with E-state index >= 15 is 0 Å². The Kier molecular flexibility index (Phi) is 8.17. The fourth-order valence-electron chi connectivity index (χ4n) is 2.85. The molecule has 0 bridgehead atoms. The Morgan fingerprint density at radius 2 is 1.79 bits per heavy atom. The molecule has 1 aliphatic heterocycles. The van der Waals surface area contributed by atoms with E-state index in [1.807, 2.05) is 0 Å². The Hall–Kier alpha value is -1.64. The monoisotopic (exact) mass is 360 g/mol. The van der Waals surface area contributed by atoms with Crippen LogP contribution < -0.4 is 20.1 Å². The Morgan fingerprint density at radius 1 is 1.21 bits per heavy atom. The second-order valence-electron chi connectivity index (χ2n) is 5.63. The largest absolute Gasteiger partial charge is 0.480 e. The average molecular weight is 361 g/mol. The topological polar surface area (TPSA) is 94.6 Å². The number of methoxy groups -OCH3 is 3. The van der Waals surface area contributed by atoms with Gasteiger partial charge in [-0.05, 0) is 25.9 Å². The molecule has 0 radical (unpaired) electrons. The van der Waals surface area contributed by atoms with Gasteiger partial charge in [0.25, 0.3) is 5.91 Å². The minimum Gasteiger partial charge on any atom is -0.480 e. The molecule has 0 spiro atoms.